The molecule has 0 spiro atoms. The van der Waals surface area contributed by atoms with Gasteiger partial charge in [0.2, 0.25) is 5.91 Å². The molecule has 3 aromatic rings. The highest BCUT2D eigenvalue weighted by Gasteiger charge is 2.43. The lowest BCUT2D eigenvalue weighted by atomic mass is 9.78. The molecule has 0 aliphatic heterocycles. The Labute approximate surface area is 198 Å². The van der Waals surface area contributed by atoms with E-state index in [4.69, 9.17) is 9.47 Å². The summed E-state index contributed by atoms with van der Waals surface area (Å²) in [6.07, 6.45) is 3.03. The zero-order valence-corrected chi connectivity index (χ0v) is 19.2. The Hall–Kier alpha value is -3.87. The molecular weight excluding hydrogens is 435 g/mol. The van der Waals surface area contributed by atoms with Crippen molar-refractivity contribution in [3.8, 4) is 11.5 Å². The van der Waals surface area contributed by atoms with Crippen molar-refractivity contribution in [2.24, 2.45) is 0 Å². The lowest BCUT2D eigenvalue weighted by Crippen LogP contribution is -2.38. The van der Waals surface area contributed by atoms with Gasteiger partial charge in [-0.05, 0) is 42.7 Å². The molecule has 0 heterocycles. The van der Waals surface area contributed by atoms with Crippen molar-refractivity contribution in [3.05, 3.63) is 83.7 Å². The van der Waals surface area contributed by atoms with Crippen LogP contribution in [0.3, 0.4) is 0 Å². The molecule has 176 valence electrons. The molecule has 1 saturated carbocycles. The normalized spacial score (nSPS) is 14.3. The predicted octanol–water partition coefficient (Wildman–Crippen LogP) is 5.55. The Bertz CT molecular complexity index is 1190. The Morgan fingerprint density at radius 3 is 2.03 bits per heavy atom. The van der Waals surface area contributed by atoms with Gasteiger partial charge in [-0.3, -0.25) is 9.59 Å². The first-order valence-electron chi connectivity index (χ1n) is 11.2. The average Bonchev–Trinajstić information content (AvgIpc) is 3.36. The maximum Gasteiger partial charge on any atom is 0.255 e. The second kappa shape index (κ2) is 9.95. The zero-order valence-electron chi connectivity index (χ0n) is 19.2. The van der Waals surface area contributed by atoms with Crippen LogP contribution in [0, 0.1) is 5.82 Å². The molecule has 0 bridgehead atoms. The smallest absolute Gasteiger partial charge is 0.255 e. The molecule has 34 heavy (non-hydrogen) atoms. The monoisotopic (exact) mass is 462 g/mol. The Morgan fingerprint density at radius 2 is 1.44 bits per heavy atom. The number of hydrogen-bond acceptors (Lipinski definition) is 4. The van der Waals surface area contributed by atoms with Crippen LogP contribution >= 0.6 is 0 Å². The molecule has 0 aromatic heterocycles. The number of benzene rings is 3. The summed E-state index contributed by atoms with van der Waals surface area (Å²) in [7, 11) is 2.97. The van der Waals surface area contributed by atoms with E-state index in [1.165, 1.54) is 26.4 Å². The lowest BCUT2D eigenvalue weighted by Gasteiger charge is -2.29. The van der Waals surface area contributed by atoms with E-state index in [0.29, 0.717) is 46.8 Å². The maximum atomic E-state index is 14.0. The highest BCUT2D eigenvalue weighted by Crippen LogP contribution is 2.44. The second-order valence-corrected chi connectivity index (χ2v) is 8.33. The summed E-state index contributed by atoms with van der Waals surface area (Å²) >= 11 is 0. The number of methoxy groups -OCH3 is 2. The van der Waals surface area contributed by atoms with Crippen molar-refractivity contribution in [3.63, 3.8) is 0 Å². The first kappa shape index (κ1) is 23.3. The minimum atomic E-state index is -0.819. The quantitative estimate of drug-likeness (QED) is 0.483. The van der Waals surface area contributed by atoms with E-state index in [9.17, 15) is 14.0 Å². The van der Waals surface area contributed by atoms with Crippen LogP contribution in [-0.4, -0.2) is 26.0 Å². The molecule has 0 atom stereocenters. The van der Waals surface area contributed by atoms with Gasteiger partial charge in [-0.1, -0.05) is 43.2 Å². The van der Waals surface area contributed by atoms with Crippen molar-refractivity contribution in [2.75, 3.05) is 24.9 Å². The first-order chi connectivity index (χ1) is 16.5. The summed E-state index contributed by atoms with van der Waals surface area (Å²) < 4.78 is 25.0. The predicted molar refractivity (Wildman–Crippen MR) is 129 cm³/mol. The molecule has 7 heteroatoms. The van der Waals surface area contributed by atoms with Crippen LogP contribution in [0.25, 0.3) is 0 Å². The van der Waals surface area contributed by atoms with E-state index in [-0.39, 0.29) is 17.6 Å². The molecule has 1 fully saturated rings. The minimum absolute atomic E-state index is 0.225. The molecule has 0 radical (unpaired) electrons. The Kier molecular flexibility index (Phi) is 6.82. The van der Waals surface area contributed by atoms with Gasteiger partial charge in [0.05, 0.1) is 31.0 Å². The number of nitrogens with one attached hydrogen (secondary N) is 2. The topological polar surface area (TPSA) is 76.7 Å². The number of anilines is 2. The van der Waals surface area contributed by atoms with Gasteiger partial charge in [-0.25, -0.2) is 4.39 Å². The van der Waals surface area contributed by atoms with Gasteiger partial charge in [0.15, 0.2) is 0 Å². The minimum Gasteiger partial charge on any atom is -0.494 e. The van der Waals surface area contributed by atoms with E-state index in [2.05, 4.69) is 10.6 Å². The van der Waals surface area contributed by atoms with Crippen molar-refractivity contribution >= 4 is 23.2 Å². The van der Waals surface area contributed by atoms with E-state index in [1.807, 2.05) is 6.07 Å². The highest BCUT2D eigenvalue weighted by molar-refractivity contribution is 6.06. The fourth-order valence-electron chi connectivity index (χ4n) is 4.53. The number of carbonyl (C=O) groups is 2. The summed E-state index contributed by atoms with van der Waals surface area (Å²) in [4.78, 5) is 26.2. The Balaban J connectivity index is 1.64. The number of halogens is 1. The van der Waals surface area contributed by atoms with Crippen LogP contribution in [0.4, 0.5) is 15.8 Å². The summed E-state index contributed by atoms with van der Waals surface area (Å²) in [5.41, 5.74) is 1.16. The van der Waals surface area contributed by atoms with Crippen LogP contribution < -0.4 is 20.1 Å². The van der Waals surface area contributed by atoms with Crippen molar-refractivity contribution in [2.45, 2.75) is 31.1 Å². The molecule has 3 aromatic carbocycles. The van der Waals surface area contributed by atoms with Gasteiger partial charge in [-0.2, -0.15) is 0 Å². The SMILES string of the molecule is COc1cc(NC(=O)C2(c3cccc(F)c3)CCCC2)c(OC)cc1NC(=O)c1ccccc1. The average molecular weight is 463 g/mol. The van der Waals surface area contributed by atoms with Crippen molar-refractivity contribution in [1.82, 2.24) is 0 Å². The molecule has 0 unspecified atom stereocenters. The molecular formula is C27H27FN2O4. The van der Waals surface area contributed by atoms with Crippen molar-refractivity contribution < 1.29 is 23.5 Å². The van der Waals surface area contributed by atoms with Crippen LogP contribution in [0.2, 0.25) is 0 Å². The number of carbonyl (C=O) groups excluding carboxylic acids is 2. The lowest BCUT2D eigenvalue weighted by molar-refractivity contribution is -0.121. The molecule has 1 aliphatic carbocycles. The standard InChI is InChI=1S/C27H27FN2O4/c1-33-23-17-22(24(34-2)16-21(23)29-25(31)18-9-4-3-5-10-18)30-26(32)27(13-6-7-14-27)19-11-8-12-20(28)15-19/h3-5,8-12,15-17H,6-7,13-14H2,1-2H3,(H,29,31)(H,30,32). The Morgan fingerprint density at radius 1 is 0.824 bits per heavy atom. The fourth-order valence-corrected chi connectivity index (χ4v) is 4.53. The first-order valence-corrected chi connectivity index (χ1v) is 11.2. The van der Waals surface area contributed by atoms with E-state index in [1.54, 1.807) is 48.5 Å². The van der Waals surface area contributed by atoms with Crippen molar-refractivity contribution in [1.29, 1.82) is 0 Å². The van der Waals surface area contributed by atoms with Crippen LogP contribution in [0.1, 0.15) is 41.6 Å². The molecule has 1 aliphatic rings. The van der Waals surface area contributed by atoms with Gasteiger partial charge in [0.25, 0.3) is 5.91 Å². The maximum absolute atomic E-state index is 14.0. The number of rotatable bonds is 7. The number of ether oxygens (including phenoxy) is 2. The second-order valence-electron chi connectivity index (χ2n) is 8.33. The van der Waals surface area contributed by atoms with Gasteiger partial charge >= 0.3 is 0 Å². The van der Waals surface area contributed by atoms with E-state index in [0.717, 1.165) is 12.8 Å². The number of hydrogen-bond donors (Lipinski definition) is 2. The molecule has 6 nitrogen and oxygen atoms in total. The highest BCUT2D eigenvalue weighted by atomic mass is 19.1. The van der Waals surface area contributed by atoms with Crippen LogP contribution in [-0.2, 0) is 10.2 Å². The van der Waals surface area contributed by atoms with Gasteiger partial charge in [0, 0.05) is 17.7 Å². The third kappa shape index (κ3) is 4.59. The van der Waals surface area contributed by atoms with E-state index >= 15 is 0 Å². The summed E-state index contributed by atoms with van der Waals surface area (Å²) in [6, 6.07) is 18.3. The molecule has 0 saturated heterocycles. The fraction of sp³-hybridized carbons (Fsp3) is 0.259. The summed E-state index contributed by atoms with van der Waals surface area (Å²) in [6.45, 7) is 0. The van der Waals surface area contributed by atoms with Gasteiger partial charge in [-0.15, -0.1) is 0 Å². The molecule has 2 amide bonds. The number of amides is 2. The van der Waals surface area contributed by atoms with Gasteiger partial charge in [0.1, 0.15) is 17.3 Å². The third-order valence-corrected chi connectivity index (χ3v) is 6.32. The zero-order chi connectivity index (χ0) is 24.1. The van der Waals surface area contributed by atoms with Crippen LogP contribution in [0.5, 0.6) is 11.5 Å². The largest absolute Gasteiger partial charge is 0.494 e. The summed E-state index contributed by atoms with van der Waals surface area (Å²) in [5.74, 6) is -0.156. The third-order valence-electron chi connectivity index (χ3n) is 6.32. The molecule has 4 rings (SSSR count). The van der Waals surface area contributed by atoms with Gasteiger partial charge < -0.3 is 20.1 Å². The summed E-state index contributed by atoms with van der Waals surface area (Å²) in [5, 5.41) is 5.80. The van der Waals surface area contributed by atoms with E-state index < -0.39 is 5.41 Å². The molecule has 2 N–H and O–H groups in total. The van der Waals surface area contributed by atoms with Crippen LogP contribution in [0.15, 0.2) is 66.7 Å².